The van der Waals surface area contributed by atoms with E-state index in [9.17, 15) is 4.79 Å². The number of nitrogens with two attached hydrogens (primary N) is 1. The van der Waals surface area contributed by atoms with Crippen molar-refractivity contribution in [2.45, 2.75) is 25.8 Å². The average molecular weight is 319 g/mol. The van der Waals surface area contributed by atoms with Crippen LogP contribution in [0.25, 0.3) is 0 Å². The molecule has 1 heterocycles. The second-order valence-electron chi connectivity index (χ2n) is 4.79. The van der Waals surface area contributed by atoms with Gasteiger partial charge in [0.2, 0.25) is 0 Å². The van der Waals surface area contributed by atoms with Crippen LogP contribution < -0.4 is 10.5 Å². The van der Waals surface area contributed by atoms with Gasteiger partial charge in [-0.05, 0) is 31.0 Å². The molecule has 0 saturated carbocycles. The molecule has 112 valence electrons. The van der Waals surface area contributed by atoms with Crippen LogP contribution in [0.4, 0.5) is 0 Å². The summed E-state index contributed by atoms with van der Waals surface area (Å²) in [5, 5.41) is 0.538. The van der Waals surface area contributed by atoms with E-state index in [-0.39, 0.29) is 24.4 Å². The van der Waals surface area contributed by atoms with Crippen LogP contribution >= 0.6 is 24.0 Å². The highest BCUT2D eigenvalue weighted by Gasteiger charge is 2.26. The van der Waals surface area contributed by atoms with Gasteiger partial charge in [-0.15, -0.1) is 12.4 Å². The van der Waals surface area contributed by atoms with E-state index in [1.54, 1.807) is 23.1 Å². The number of carbonyl (C=O) groups is 1. The summed E-state index contributed by atoms with van der Waals surface area (Å²) in [4.78, 5) is 14.2. The fourth-order valence-electron chi connectivity index (χ4n) is 2.15. The first kappa shape index (κ1) is 17.1. The van der Waals surface area contributed by atoms with Crippen LogP contribution in [0.15, 0.2) is 18.2 Å². The first-order chi connectivity index (χ1) is 9.11. The summed E-state index contributed by atoms with van der Waals surface area (Å²) in [6.07, 6.45) is 1.74. The van der Waals surface area contributed by atoms with Crippen molar-refractivity contribution in [3.05, 3.63) is 28.8 Å². The van der Waals surface area contributed by atoms with E-state index in [4.69, 9.17) is 22.1 Å². The van der Waals surface area contributed by atoms with Crippen LogP contribution in [0.1, 0.15) is 30.1 Å². The molecule has 0 bridgehead atoms. The zero-order valence-electron chi connectivity index (χ0n) is 11.5. The van der Waals surface area contributed by atoms with Gasteiger partial charge in [0, 0.05) is 24.2 Å². The van der Waals surface area contributed by atoms with Crippen molar-refractivity contribution >= 4 is 29.9 Å². The number of nitrogens with zero attached hydrogens (tertiary/aromatic N) is 1. The van der Waals surface area contributed by atoms with E-state index in [0.29, 0.717) is 36.0 Å². The molecule has 1 aliphatic rings. The molecule has 2 N–H and O–H groups in total. The number of amides is 1. The molecule has 1 fully saturated rings. The number of rotatable bonds is 4. The molecule has 0 spiro atoms. The SMILES string of the molecule is CCCOc1ccc(Cl)cc1C(=O)N1CC[C@H](N)C1.Cl. The monoisotopic (exact) mass is 318 g/mol. The molecule has 0 aliphatic carbocycles. The summed E-state index contributed by atoms with van der Waals surface area (Å²) in [5.74, 6) is 0.540. The number of ether oxygens (including phenoxy) is 1. The molecule has 1 aromatic carbocycles. The average Bonchev–Trinajstić information content (AvgIpc) is 2.83. The Kier molecular flexibility index (Phi) is 6.59. The molecule has 1 saturated heterocycles. The highest BCUT2D eigenvalue weighted by Crippen LogP contribution is 2.25. The lowest BCUT2D eigenvalue weighted by molar-refractivity contribution is 0.0786. The van der Waals surface area contributed by atoms with E-state index in [0.717, 1.165) is 12.8 Å². The summed E-state index contributed by atoms with van der Waals surface area (Å²) in [7, 11) is 0. The molecule has 1 aliphatic heterocycles. The second kappa shape index (κ2) is 7.72. The third-order valence-corrected chi connectivity index (χ3v) is 3.38. The van der Waals surface area contributed by atoms with Crippen LogP contribution in [-0.4, -0.2) is 36.5 Å². The van der Waals surface area contributed by atoms with Crippen molar-refractivity contribution in [1.29, 1.82) is 0 Å². The Bertz CT molecular complexity index is 468. The predicted octanol–water partition coefficient (Wildman–Crippen LogP) is 2.72. The lowest BCUT2D eigenvalue weighted by Crippen LogP contribution is -2.32. The van der Waals surface area contributed by atoms with Gasteiger partial charge in [0.1, 0.15) is 5.75 Å². The zero-order valence-corrected chi connectivity index (χ0v) is 13.0. The van der Waals surface area contributed by atoms with Gasteiger partial charge in [0.05, 0.1) is 12.2 Å². The molecule has 1 atom stereocenters. The Morgan fingerprint density at radius 2 is 2.30 bits per heavy atom. The van der Waals surface area contributed by atoms with Crippen molar-refractivity contribution < 1.29 is 9.53 Å². The minimum atomic E-state index is -0.0541. The Balaban J connectivity index is 0.00000200. The number of hydrogen-bond acceptors (Lipinski definition) is 3. The van der Waals surface area contributed by atoms with Crippen LogP contribution in [0.3, 0.4) is 0 Å². The predicted molar refractivity (Wildman–Crippen MR) is 83.0 cm³/mol. The summed E-state index contributed by atoms with van der Waals surface area (Å²) in [6.45, 7) is 3.90. The number of benzene rings is 1. The van der Waals surface area contributed by atoms with Crippen molar-refractivity contribution in [1.82, 2.24) is 4.90 Å². The Morgan fingerprint density at radius 3 is 2.90 bits per heavy atom. The Labute approximate surface area is 130 Å². The maximum absolute atomic E-state index is 12.5. The largest absolute Gasteiger partial charge is 0.493 e. The van der Waals surface area contributed by atoms with Gasteiger partial charge in [-0.25, -0.2) is 0 Å². The fourth-order valence-corrected chi connectivity index (χ4v) is 2.32. The lowest BCUT2D eigenvalue weighted by Gasteiger charge is -2.18. The molecule has 0 radical (unpaired) electrons. The second-order valence-corrected chi connectivity index (χ2v) is 5.23. The van der Waals surface area contributed by atoms with E-state index < -0.39 is 0 Å². The molecule has 2 rings (SSSR count). The van der Waals surface area contributed by atoms with Crippen molar-refractivity contribution in [3.8, 4) is 5.75 Å². The summed E-state index contributed by atoms with van der Waals surface area (Å²) in [6, 6.07) is 5.22. The van der Waals surface area contributed by atoms with E-state index in [2.05, 4.69) is 0 Å². The maximum Gasteiger partial charge on any atom is 0.257 e. The molecule has 0 aromatic heterocycles. The normalized spacial score (nSPS) is 17.8. The molecular weight excluding hydrogens is 299 g/mol. The highest BCUT2D eigenvalue weighted by atomic mass is 35.5. The van der Waals surface area contributed by atoms with Crippen LogP contribution in [0, 0.1) is 0 Å². The molecular formula is C14H20Cl2N2O2. The van der Waals surface area contributed by atoms with Gasteiger partial charge >= 0.3 is 0 Å². The van der Waals surface area contributed by atoms with Gasteiger partial charge in [0.25, 0.3) is 5.91 Å². The van der Waals surface area contributed by atoms with E-state index in [1.807, 2.05) is 6.92 Å². The number of likely N-dealkylation sites (tertiary alicyclic amines) is 1. The number of halogens is 2. The van der Waals surface area contributed by atoms with Gasteiger partial charge in [-0.2, -0.15) is 0 Å². The Morgan fingerprint density at radius 1 is 1.55 bits per heavy atom. The summed E-state index contributed by atoms with van der Waals surface area (Å²) < 4.78 is 5.61. The fraction of sp³-hybridized carbons (Fsp3) is 0.500. The topological polar surface area (TPSA) is 55.6 Å². The maximum atomic E-state index is 12.5. The molecule has 6 heteroatoms. The highest BCUT2D eigenvalue weighted by molar-refractivity contribution is 6.31. The summed E-state index contributed by atoms with van der Waals surface area (Å²) >= 11 is 5.98. The zero-order chi connectivity index (χ0) is 13.8. The van der Waals surface area contributed by atoms with Crippen LogP contribution in [-0.2, 0) is 0 Å². The van der Waals surface area contributed by atoms with Gasteiger partial charge < -0.3 is 15.4 Å². The van der Waals surface area contributed by atoms with Crippen molar-refractivity contribution in [2.75, 3.05) is 19.7 Å². The van der Waals surface area contributed by atoms with Gasteiger partial charge in [0.15, 0.2) is 0 Å². The standard InChI is InChI=1S/C14H19ClN2O2.ClH/c1-2-7-19-13-4-3-10(15)8-12(13)14(18)17-6-5-11(16)9-17;/h3-4,8,11H,2,5-7,9,16H2,1H3;1H/t11-;/m0./s1. The molecule has 1 aromatic rings. The van der Waals surface area contributed by atoms with Crippen molar-refractivity contribution in [3.63, 3.8) is 0 Å². The van der Waals surface area contributed by atoms with Gasteiger partial charge in [-0.1, -0.05) is 18.5 Å². The minimum Gasteiger partial charge on any atom is -0.493 e. The smallest absolute Gasteiger partial charge is 0.257 e. The third-order valence-electron chi connectivity index (χ3n) is 3.15. The summed E-state index contributed by atoms with van der Waals surface area (Å²) in [5.41, 5.74) is 6.36. The minimum absolute atomic E-state index is 0. The van der Waals surface area contributed by atoms with Crippen molar-refractivity contribution in [2.24, 2.45) is 5.73 Å². The molecule has 20 heavy (non-hydrogen) atoms. The first-order valence-corrected chi connectivity index (χ1v) is 6.96. The lowest BCUT2D eigenvalue weighted by atomic mass is 10.1. The first-order valence-electron chi connectivity index (χ1n) is 6.59. The van der Waals surface area contributed by atoms with Crippen LogP contribution in [0.5, 0.6) is 5.75 Å². The van der Waals surface area contributed by atoms with Gasteiger partial charge in [-0.3, -0.25) is 4.79 Å². The van der Waals surface area contributed by atoms with E-state index >= 15 is 0 Å². The Hall–Kier alpha value is -0.970. The van der Waals surface area contributed by atoms with Crippen LogP contribution in [0.2, 0.25) is 5.02 Å². The van der Waals surface area contributed by atoms with E-state index in [1.165, 1.54) is 0 Å². The molecule has 1 amide bonds. The quantitative estimate of drug-likeness (QED) is 0.928. The number of hydrogen-bond donors (Lipinski definition) is 1. The third kappa shape index (κ3) is 4.01. The molecule has 4 nitrogen and oxygen atoms in total. The number of carbonyl (C=O) groups excluding carboxylic acids is 1. The molecule has 0 unspecified atom stereocenters.